The lowest BCUT2D eigenvalue weighted by Gasteiger charge is -2.34. The summed E-state index contributed by atoms with van der Waals surface area (Å²) in [5, 5.41) is 9.46. The minimum absolute atomic E-state index is 0.0449. The van der Waals surface area contributed by atoms with Gasteiger partial charge in [0.05, 0.1) is 11.0 Å². The second-order valence-corrected chi connectivity index (χ2v) is 6.77. The average Bonchev–Trinajstić information content (AvgIpc) is 2.94. The first-order valence-electron chi connectivity index (χ1n) is 7.55. The molecule has 1 aromatic heterocycles. The number of allylic oxidation sites excluding steroid dienone is 2. The molecule has 1 aliphatic rings. The molecule has 1 heterocycles. The number of rotatable bonds is 2. The molecule has 0 bridgehead atoms. The first-order chi connectivity index (χ1) is 9.96. The molecule has 0 N–H and O–H groups in total. The van der Waals surface area contributed by atoms with Crippen LogP contribution in [-0.4, -0.2) is 9.55 Å². The first-order valence-corrected chi connectivity index (χ1v) is 7.55. The molecule has 0 fully saturated rings. The molecule has 0 amide bonds. The van der Waals surface area contributed by atoms with Crippen molar-refractivity contribution in [2.24, 2.45) is 17.3 Å². The number of fused-ring (bicyclic) bond motifs is 1. The van der Waals surface area contributed by atoms with Crippen LogP contribution >= 0.6 is 0 Å². The Morgan fingerprint density at radius 1 is 1.33 bits per heavy atom. The van der Waals surface area contributed by atoms with Gasteiger partial charge in [-0.3, -0.25) is 4.57 Å². The van der Waals surface area contributed by atoms with E-state index in [2.05, 4.69) is 49.4 Å². The van der Waals surface area contributed by atoms with Gasteiger partial charge in [-0.1, -0.05) is 45.9 Å². The summed E-state index contributed by atoms with van der Waals surface area (Å²) in [5.74, 6) is 1.70. The summed E-state index contributed by atoms with van der Waals surface area (Å²) in [7, 11) is 0. The van der Waals surface area contributed by atoms with Crippen LogP contribution in [0.1, 0.15) is 39.9 Å². The van der Waals surface area contributed by atoms with E-state index >= 15 is 0 Å². The summed E-state index contributed by atoms with van der Waals surface area (Å²) in [6.45, 7) is 9.12. The molecule has 1 aliphatic carbocycles. The molecule has 0 saturated carbocycles. The van der Waals surface area contributed by atoms with Gasteiger partial charge in [0.2, 0.25) is 5.82 Å². The molecule has 2 aromatic rings. The van der Waals surface area contributed by atoms with E-state index in [0.29, 0.717) is 17.7 Å². The summed E-state index contributed by atoms with van der Waals surface area (Å²) in [6, 6.07) is 10.2. The largest absolute Gasteiger partial charge is 0.288 e. The average molecular weight is 279 g/mol. The van der Waals surface area contributed by atoms with Crippen LogP contribution in [0.25, 0.3) is 16.7 Å². The van der Waals surface area contributed by atoms with Gasteiger partial charge < -0.3 is 0 Å². The van der Waals surface area contributed by atoms with Gasteiger partial charge in [0, 0.05) is 11.1 Å². The Bertz CT molecular complexity index is 756. The lowest BCUT2D eigenvalue weighted by molar-refractivity contribution is 0.236. The van der Waals surface area contributed by atoms with Gasteiger partial charge in [0.1, 0.15) is 6.07 Å². The van der Waals surface area contributed by atoms with Crippen LogP contribution in [0.4, 0.5) is 0 Å². The molecule has 1 aromatic carbocycles. The molecule has 0 saturated heterocycles. The maximum absolute atomic E-state index is 9.46. The summed E-state index contributed by atoms with van der Waals surface area (Å²) in [5.41, 5.74) is 3.17. The van der Waals surface area contributed by atoms with Gasteiger partial charge in [-0.2, -0.15) is 5.26 Å². The van der Waals surface area contributed by atoms with E-state index in [0.717, 1.165) is 17.5 Å². The monoisotopic (exact) mass is 279 g/mol. The summed E-state index contributed by atoms with van der Waals surface area (Å²) in [4.78, 5) is 4.47. The van der Waals surface area contributed by atoms with Gasteiger partial charge in [-0.15, -0.1) is 0 Å². The topological polar surface area (TPSA) is 41.6 Å². The molecule has 3 rings (SSSR count). The third-order valence-electron chi connectivity index (χ3n) is 4.86. The van der Waals surface area contributed by atoms with Crippen LogP contribution in [0.15, 0.2) is 30.3 Å². The highest BCUT2D eigenvalue weighted by atomic mass is 15.1. The number of imidazole rings is 1. The number of aromatic nitrogens is 2. The Labute approximate surface area is 125 Å². The second kappa shape index (κ2) is 4.73. The van der Waals surface area contributed by atoms with E-state index in [4.69, 9.17) is 0 Å². The van der Waals surface area contributed by atoms with Crippen LogP contribution in [0, 0.1) is 28.6 Å². The fourth-order valence-electron chi connectivity index (χ4n) is 3.82. The number of nitriles is 1. The van der Waals surface area contributed by atoms with E-state index in [-0.39, 0.29) is 5.41 Å². The van der Waals surface area contributed by atoms with Crippen LogP contribution in [0.2, 0.25) is 0 Å². The van der Waals surface area contributed by atoms with Crippen molar-refractivity contribution in [1.29, 1.82) is 5.26 Å². The zero-order chi connectivity index (χ0) is 15.2. The highest BCUT2D eigenvalue weighted by molar-refractivity contribution is 5.82. The molecular formula is C18H21N3. The van der Waals surface area contributed by atoms with Gasteiger partial charge in [-0.05, 0) is 30.4 Å². The fourth-order valence-corrected chi connectivity index (χ4v) is 3.82. The standard InChI is InChI=1S/C18H21N3/c1-12(2)13-9-10-16(18(13,3)4)21-15-8-6-5-7-14(15)20-17(21)11-19/h5-8,10,12-13H,9H2,1-4H3. The van der Waals surface area contributed by atoms with Crippen molar-refractivity contribution in [1.82, 2.24) is 9.55 Å². The maximum atomic E-state index is 9.46. The minimum atomic E-state index is 0.0449. The van der Waals surface area contributed by atoms with Crippen LogP contribution in [-0.2, 0) is 0 Å². The minimum Gasteiger partial charge on any atom is -0.288 e. The van der Waals surface area contributed by atoms with Crippen LogP contribution < -0.4 is 0 Å². The number of hydrogen-bond donors (Lipinski definition) is 0. The van der Waals surface area contributed by atoms with E-state index in [1.807, 2.05) is 24.3 Å². The van der Waals surface area contributed by atoms with Crippen LogP contribution in [0.3, 0.4) is 0 Å². The smallest absolute Gasteiger partial charge is 0.218 e. The predicted octanol–water partition coefficient (Wildman–Crippen LogP) is 4.45. The Hall–Kier alpha value is -2.08. The van der Waals surface area contributed by atoms with Crippen molar-refractivity contribution in [3.63, 3.8) is 0 Å². The molecule has 3 nitrogen and oxygen atoms in total. The fraction of sp³-hybridized carbons (Fsp3) is 0.444. The summed E-state index contributed by atoms with van der Waals surface area (Å²) < 4.78 is 2.05. The Kier molecular flexibility index (Phi) is 3.13. The van der Waals surface area contributed by atoms with E-state index in [1.54, 1.807) is 0 Å². The van der Waals surface area contributed by atoms with Crippen LogP contribution in [0.5, 0.6) is 0 Å². The predicted molar refractivity (Wildman–Crippen MR) is 85.4 cm³/mol. The van der Waals surface area contributed by atoms with Crippen molar-refractivity contribution in [2.45, 2.75) is 34.1 Å². The Morgan fingerprint density at radius 3 is 2.67 bits per heavy atom. The van der Waals surface area contributed by atoms with E-state index < -0.39 is 0 Å². The Balaban J connectivity index is 2.20. The molecule has 1 atom stereocenters. The third kappa shape index (κ3) is 1.98. The van der Waals surface area contributed by atoms with Gasteiger partial charge >= 0.3 is 0 Å². The van der Waals surface area contributed by atoms with Gasteiger partial charge in [0.25, 0.3) is 0 Å². The molecule has 0 spiro atoms. The molecule has 0 radical (unpaired) electrons. The zero-order valence-electron chi connectivity index (χ0n) is 13.1. The number of para-hydroxylation sites is 2. The van der Waals surface area contributed by atoms with Crippen molar-refractivity contribution >= 4 is 16.7 Å². The number of hydrogen-bond acceptors (Lipinski definition) is 2. The lowest BCUT2D eigenvalue weighted by atomic mass is 9.74. The molecular weight excluding hydrogens is 258 g/mol. The van der Waals surface area contributed by atoms with Gasteiger partial charge in [0.15, 0.2) is 0 Å². The Morgan fingerprint density at radius 2 is 2.05 bits per heavy atom. The number of nitrogens with zero attached hydrogens (tertiary/aromatic N) is 3. The first kappa shape index (κ1) is 13.9. The van der Waals surface area contributed by atoms with Crippen molar-refractivity contribution in [3.05, 3.63) is 36.2 Å². The highest BCUT2D eigenvalue weighted by Gasteiger charge is 2.40. The van der Waals surface area contributed by atoms with Crippen molar-refractivity contribution in [3.8, 4) is 6.07 Å². The molecule has 108 valence electrons. The molecule has 0 aliphatic heterocycles. The summed E-state index contributed by atoms with van der Waals surface area (Å²) in [6.07, 6.45) is 3.36. The molecule has 3 heteroatoms. The summed E-state index contributed by atoms with van der Waals surface area (Å²) >= 11 is 0. The second-order valence-electron chi connectivity index (χ2n) is 6.77. The number of benzene rings is 1. The zero-order valence-corrected chi connectivity index (χ0v) is 13.1. The third-order valence-corrected chi connectivity index (χ3v) is 4.86. The lowest BCUT2D eigenvalue weighted by Crippen LogP contribution is -2.27. The van der Waals surface area contributed by atoms with Crippen molar-refractivity contribution < 1.29 is 0 Å². The maximum Gasteiger partial charge on any atom is 0.218 e. The molecule has 1 unspecified atom stereocenters. The SMILES string of the molecule is CC(C)C1CC=C(n2c(C#N)nc3ccccc32)C1(C)C. The van der Waals surface area contributed by atoms with E-state index in [9.17, 15) is 5.26 Å². The highest BCUT2D eigenvalue weighted by Crippen LogP contribution is 2.49. The van der Waals surface area contributed by atoms with E-state index in [1.165, 1.54) is 5.70 Å². The normalized spacial score (nSPS) is 20.8. The quantitative estimate of drug-likeness (QED) is 0.815. The molecule has 21 heavy (non-hydrogen) atoms. The van der Waals surface area contributed by atoms with Crippen molar-refractivity contribution in [2.75, 3.05) is 0 Å². The van der Waals surface area contributed by atoms with Gasteiger partial charge in [-0.25, -0.2) is 4.98 Å².